The van der Waals surface area contributed by atoms with Gasteiger partial charge in [-0.25, -0.2) is 0 Å². The fourth-order valence-corrected chi connectivity index (χ4v) is 0.994. The zero-order valence-electron chi connectivity index (χ0n) is 4.55. The van der Waals surface area contributed by atoms with Gasteiger partial charge in [-0.2, -0.15) is 0 Å². The van der Waals surface area contributed by atoms with Gasteiger partial charge in [-0.05, 0) is 13.0 Å². The molecule has 8 heavy (non-hydrogen) atoms. The van der Waals surface area contributed by atoms with Gasteiger partial charge in [0, 0.05) is 0 Å². The smallest absolute Gasteiger partial charge is 0.320 e. The summed E-state index contributed by atoms with van der Waals surface area (Å²) in [6, 6.07) is 0. The molecule has 2 aliphatic rings. The number of carbonyl (C=O) groups is 1. The second-order valence-corrected chi connectivity index (χ2v) is 2.47. The standard InChI is InChI=1S/C6H6O2/c1-6-3-2-4(6)8-5(6)7/h2-4H,1H3/t4-,6+/m0/s1. The van der Waals surface area contributed by atoms with E-state index in [1.54, 1.807) is 0 Å². The molecule has 1 aliphatic heterocycles. The molecular weight excluding hydrogens is 104 g/mol. The van der Waals surface area contributed by atoms with Gasteiger partial charge >= 0.3 is 5.97 Å². The van der Waals surface area contributed by atoms with E-state index in [-0.39, 0.29) is 17.5 Å². The van der Waals surface area contributed by atoms with E-state index in [0.29, 0.717) is 0 Å². The Morgan fingerprint density at radius 3 is 2.62 bits per heavy atom. The van der Waals surface area contributed by atoms with Crippen molar-refractivity contribution in [2.75, 3.05) is 0 Å². The maximum absolute atomic E-state index is 10.5. The summed E-state index contributed by atoms with van der Waals surface area (Å²) in [7, 11) is 0. The third kappa shape index (κ3) is 0.205. The van der Waals surface area contributed by atoms with Crippen LogP contribution in [0, 0.1) is 5.41 Å². The summed E-state index contributed by atoms with van der Waals surface area (Å²) in [5.74, 6) is -0.0787. The number of hydrogen-bond acceptors (Lipinski definition) is 2. The zero-order chi connectivity index (χ0) is 5.78. The minimum Gasteiger partial charge on any atom is -0.456 e. The van der Waals surface area contributed by atoms with Gasteiger partial charge in [0.15, 0.2) is 0 Å². The molecule has 0 spiro atoms. The molecule has 0 amide bonds. The van der Waals surface area contributed by atoms with Gasteiger partial charge < -0.3 is 4.74 Å². The maximum Gasteiger partial charge on any atom is 0.320 e. The lowest BCUT2D eigenvalue weighted by Gasteiger charge is -2.46. The molecule has 0 unspecified atom stereocenters. The molecule has 2 nitrogen and oxygen atoms in total. The lowest BCUT2D eigenvalue weighted by Crippen LogP contribution is -2.57. The molecule has 42 valence electrons. The van der Waals surface area contributed by atoms with Crippen molar-refractivity contribution in [3.05, 3.63) is 12.2 Å². The quantitative estimate of drug-likeness (QED) is 0.335. The summed E-state index contributed by atoms with van der Waals surface area (Å²) >= 11 is 0. The van der Waals surface area contributed by atoms with E-state index in [2.05, 4.69) is 0 Å². The first-order valence-corrected chi connectivity index (χ1v) is 2.64. The molecule has 0 bridgehead atoms. The van der Waals surface area contributed by atoms with Gasteiger partial charge in [-0.1, -0.05) is 6.08 Å². The highest BCUT2D eigenvalue weighted by molar-refractivity contribution is 5.88. The maximum atomic E-state index is 10.5. The van der Waals surface area contributed by atoms with Gasteiger partial charge in [0.1, 0.15) is 11.5 Å². The molecule has 0 saturated carbocycles. The molecule has 0 N–H and O–H groups in total. The molecule has 1 saturated heterocycles. The highest BCUT2D eigenvalue weighted by Crippen LogP contribution is 2.45. The van der Waals surface area contributed by atoms with E-state index in [1.807, 2.05) is 19.1 Å². The van der Waals surface area contributed by atoms with Gasteiger partial charge in [-0.3, -0.25) is 4.79 Å². The molecular formula is C6H6O2. The first kappa shape index (κ1) is 4.13. The van der Waals surface area contributed by atoms with Crippen LogP contribution < -0.4 is 0 Å². The number of hydrogen-bond donors (Lipinski definition) is 0. The van der Waals surface area contributed by atoms with Crippen LogP contribution >= 0.6 is 0 Å². The number of carbonyl (C=O) groups excluding carboxylic acids is 1. The first-order valence-electron chi connectivity index (χ1n) is 2.64. The van der Waals surface area contributed by atoms with Crippen molar-refractivity contribution in [3.63, 3.8) is 0 Å². The number of ether oxygens (including phenoxy) is 1. The second kappa shape index (κ2) is 0.835. The van der Waals surface area contributed by atoms with Gasteiger partial charge in [0.25, 0.3) is 0 Å². The van der Waals surface area contributed by atoms with E-state index in [4.69, 9.17) is 4.74 Å². The van der Waals surface area contributed by atoms with Crippen molar-refractivity contribution >= 4 is 5.97 Å². The molecule has 1 heterocycles. The highest BCUT2D eigenvalue weighted by atomic mass is 16.6. The van der Waals surface area contributed by atoms with Crippen molar-refractivity contribution in [1.29, 1.82) is 0 Å². The zero-order valence-corrected chi connectivity index (χ0v) is 4.55. The number of esters is 1. The van der Waals surface area contributed by atoms with Crippen LogP contribution in [0.4, 0.5) is 0 Å². The van der Waals surface area contributed by atoms with E-state index >= 15 is 0 Å². The molecule has 1 aliphatic carbocycles. The monoisotopic (exact) mass is 110 g/mol. The Morgan fingerprint density at radius 1 is 1.88 bits per heavy atom. The topological polar surface area (TPSA) is 26.3 Å². The van der Waals surface area contributed by atoms with Crippen LogP contribution in [0.15, 0.2) is 12.2 Å². The summed E-state index contributed by atoms with van der Waals surface area (Å²) in [6.45, 7) is 1.89. The Morgan fingerprint density at radius 2 is 2.62 bits per heavy atom. The van der Waals surface area contributed by atoms with Crippen LogP contribution in [0.3, 0.4) is 0 Å². The lowest BCUT2D eigenvalue weighted by molar-refractivity contribution is -0.193. The third-order valence-corrected chi connectivity index (χ3v) is 1.88. The van der Waals surface area contributed by atoms with E-state index in [9.17, 15) is 4.79 Å². The molecule has 0 aromatic rings. The molecule has 0 aromatic carbocycles. The minimum atomic E-state index is -0.222. The van der Waals surface area contributed by atoms with Crippen molar-refractivity contribution in [2.24, 2.45) is 5.41 Å². The number of rotatable bonds is 0. The Bertz CT molecular complexity index is 183. The molecule has 2 heteroatoms. The number of fused-ring (bicyclic) bond motifs is 1. The predicted molar refractivity (Wildman–Crippen MR) is 27.1 cm³/mol. The van der Waals surface area contributed by atoms with Crippen molar-refractivity contribution in [3.8, 4) is 0 Å². The largest absolute Gasteiger partial charge is 0.456 e. The fraction of sp³-hybridized carbons (Fsp3) is 0.500. The van der Waals surface area contributed by atoms with Gasteiger partial charge in [0.2, 0.25) is 0 Å². The molecule has 2 atom stereocenters. The first-order chi connectivity index (χ1) is 3.73. The van der Waals surface area contributed by atoms with Gasteiger partial charge in [0.05, 0.1) is 0 Å². The average Bonchev–Trinajstić information content (AvgIpc) is 1.79. The van der Waals surface area contributed by atoms with E-state index < -0.39 is 0 Å². The van der Waals surface area contributed by atoms with Crippen LogP contribution in [-0.2, 0) is 9.53 Å². The summed E-state index contributed by atoms with van der Waals surface area (Å²) in [5.41, 5.74) is -0.222. The third-order valence-electron chi connectivity index (χ3n) is 1.88. The summed E-state index contributed by atoms with van der Waals surface area (Å²) in [4.78, 5) is 10.5. The van der Waals surface area contributed by atoms with Crippen LogP contribution in [0.1, 0.15) is 6.92 Å². The second-order valence-electron chi connectivity index (χ2n) is 2.47. The van der Waals surface area contributed by atoms with Crippen LogP contribution in [0.2, 0.25) is 0 Å². The summed E-state index contributed by atoms with van der Waals surface area (Å²) in [6.07, 6.45) is 3.90. The Labute approximate surface area is 47.1 Å². The minimum absolute atomic E-state index is 0.0787. The molecule has 0 radical (unpaired) electrons. The molecule has 0 aromatic heterocycles. The van der Waals surface area contributed by atoms with Crippen molar-refractivity contribution < 1.29 is 9.53 Å². The average molecular weight is 110 g/mol. The lowest BCUT2D eigenvalue weighted by atomic mass is 9.71. The predicted octanol–water partition coefficient (Wildman–Crippen LogP) is 0.488. The summed E-state index contributed by atoms with van der Waals surface area (Å²) < 4.78 is 4.72. The molecule has 2 rings (SSSR count). The van der Waals surface area contributed by atoms with Crippen molar-refractivity contribution in [2.45, 2.75) is 13.0 Å². The Kier molecular flexibility index (Phi) is 0.430. The van der Waals surface area contributed by atoms with Crippen molar-refractivity contribution in [1.82, 2.24) is 0 Å². The summed E-state index contributed by atoms with van der Waals surface area (Å²) in [5, 5.41) is 0. The van der Waals surface area contributed by atoms with E-state index in [0.717, 1.165) is 0 Å². The van der Waals surface area contributed by atoms with Crippen LogP contribution in [-0.4, -0.2) is 12.1 Å². The van der Waals surface area contributed by atoms with Crippen LogP contribution in [0.25, 0.3) is 0 Å². The van der Waals surface area contributed by atoms with Crippen LogP contribution in [0.5, 0.6) is 0 Å². The SMILES string of the molecule is C[C@@]12C=C[C@@H]1OC2=O. The normalized spacial score (nSPS) is 48.6. The highest BCUT2D eigenvalue weighted by Gasteiger charge is 2.56. The fourth-order valence-electron chi connectivity index (χ4n) is 0.994. The van der Waals surface area contributed by atoms with E-state index in [1.165, 1.54) is 0 Å². The molecule has 1 fully saturated rings. The Hall–Kier alpha value is -0.790. The Balaban J connectivity index is 2.38. The van der Waals surface area contributed by atoms with Gasteiger partial charge in [-0.15, -0.1) is 0 Å².